The Labute approximate surface area is 321 Å². The van der Waals surface area contributed by atoms with Gasteiger partial charge >= 0.3 is 19.8 Å². The predicted octanol–water partition coefficient (Wildman–Crippen LogP) is 9.65. The Kier molecular flexibility index (Phi) is 32.3. The van der Waals surface area contributed by atoms with Gasteiger partial charge in [-0.25, -0.2) is 4.57 Å². The average molecular weight is 767 g/mol. The van der Waals surface area contributed by atoms with Crippen LogP contribution in [0.4, 0.5) is 0 Å². The van der Waals surface area contributed by atoms with Gasteiger partial charge in [-0.05, 0) is 64.2 Å². The number of nitrogens with zero attached hydrogens (tertiary/aromatic N) is 1. The number of carbonyl (C=O) groups excluding carboxylic acids is 2. The number of carbonyl (C=O) groups is 2. The van der Waals surface area contributed by atoms with Gasteiger partial charge in [-0.3, -0.25) is 18.6 Å². The zero-order valence-corrected chi connectivity index (χ0v) is 34.5. The molecule has 0 saturated carbocycles. The first kappa shape index (κ1) is 50.4. The summed E-state index contributed by atoms with van der Waals surface area (Å²) in [5.74, 6) is -1.02. The van der Waals surface area contributed by atoms with Gasteiger partial charge in [0.25, 0.3) is 0 Å². The lowest BCUT2D eigenvalue weighted by Gasteiger charge is -2.24. The average Bonchev–Trinajstić information content (AvgIpc) is 3.09. The Morgan fingerprint density at radius 3 is 1.96 bits per heavy atom. The highest BCUT2D eigenvalue weighted by atomic mass is 31.2. The lowest BCUT2D eigenvalue weighted by Crippen LogP contribution is -2.37. The molecule has 304 valence electrons. The van der Waals surface area contributed by atoms with Crippen molar-refractivity contribution in [2.24, 2.45) is 0 Å². The Hall–Kier alpha value is -2.59. The van der Waals surface area contributed by atoms with E-state index in [0.29, 0.717) is 30.3 Å². The molecule has 0 aliphatic heterocycles. The fraction of sp³-hybridized carbons (Fsp3) is 0.667. The Morgan fingerprint density at radius 2 is 1.30 bits per heavy atom. The minimum Gasteiger partial charge on any atom is -0.462 e. The molecule has 10 nitrogen and oxygen atoms in total. The van der Waals surface area contributed by atoms with Crippen molar-refractivity contribution >= 4 is 19.8 Å². The molecular weight excluding hydrogens is 693 g/mol. The zero-order chi connectivity index (χ0) is 39.5. The molecule has 0 aromatic rings. The van der Waals surface area contributed by atoms with E-state index in [4.69, 9.17) is 18.5 Å². The number of rotatable bonds is 34. The van der Waals surface area contributed by atoms with Crippen molar-refractivity contribution in [1.29, 1.82) is 0 Å². The van der Waals surface area contributed by atoms with Gasteiger partial charge in [0.2, 0.25) is 0 Å². The molecule has 0 aromatic heterocycles. The topological polar surface area (TPSA) is 129 Å². The van der Waals surface area contributed by atoms with Crippen LogP contribution in [0.25, 0.3) is 0 Å². The first-order valence-electron chi connectivity index (χ1n) is 19.8. The van der Waals surface area contributed by atoms with E-state index < -0.39 is 38.6 Å². The van der Waals surface area contributed by atoms with Crippen LogP contribution in [0.5, 0.6) is 0 Å². The van der Waals surface area contributed by atoms with Crippen molar-refractivity contribution in [3.8, 4) is 0 Å². The van der Waals surface area contributed by atoms with Crippen LogP contribution in [0.1, 0.15) is 123 Å². The lowest BCUT2D eigenvalue weighted by molar-refractivity contribution is -0.870. The van der Waals surface area contributed by atoms with Crippen molar-refractivity contribution < 1.29 is 47.2 Å². The largest absolute Gasteiger partial charge is 0.472 e. The molecule has 0 heterocycles. The van der Waals surface area contributed by atoms with E-state index in [0.717, 1.165) is 64.2 Å². The first-order chi connectivity index (χ1) is 25.4. The monoisotopic (exact) mass is 767 g/mol. The van der Waals surface area contributed by atoms with Crippen LogP contribution in [0.15, 0.2) is 72.9 Å². The molecule has 0 fully saturated rings. The normalized spacial score (nSPS) is 15.1. The summed E-state index contributed by atoms with van der Waals surface area (Å²) in [4.78, 5) is 35.2. The number of ether oxygens (including phenoxy) is 2. The standard InChI is InChI=1S/C42H72NO9P/c1-6-8-10-12-14-16-18-19-21-22-24-26-28-31-39(44)32-30-34-41(45)49-37-40(38-51-53(47,48)50-36-35-43(3,4)5)52-42(46)33-29-27-25-23-20-17-15-13-11-9-7-2/h8,10,13-16,19,21,24,26,28,31,39-40,44H,6-7,9,11-12,17-18,20,22-23,25,27,29-30,32-38H2,1-5H3/p+1/b10-8-,15-13-,16-14-,21-19-,26-24-,31-28+/t39?,40-/m1/s1. The number of likely N-dealkylation sites (N-methyl/N-ethyl adjacent to an activating group) is 1. The van der Waals surface area contributed by atoms with E-state index in [1.807, 2.05) is 33.3 Å². The molecular formula is C42H73NO9P+. The van der Waals surface area contributed by atoms with Crippen LogP contribution in [0.3, 0.4) is 0 Å². The molecule has 0 rings (SSSR count). The van der Waals surface area contributed by atoms with Crippen LogP contribution in [0, 0.1) is 0 Å². The lowest BCUT2D eigenvalue weighted by atomic mass is 10.1. The third-order valence-electron chi connectivity index (χ3n) is 7.82. The van der Waals surface area contributed by atoms with Gasteiger partial charge in [-0.2, -0.15) is 0 Å². The zero-order valence-electron chi connectivity index (χ0n) is 33.6. The second kappa shape index (κ2) is 33.9. The molecule has 0 spiro atoms. The van der Waals surface area contributed by atoms with E-state index in [1.165, 1.54) is 12.8 Å². The van der Waals surface area contributed by atoms with E-state index in [2.05, 4.69) is 62.5 Å². The predicted molar refractivity (Wildman–Crippen MR) is 216 cm³/mol. The highest BCUT2D eigenvalue weighted by Gasteiger charge is 2.27. The quantitative estimate of drug-likeness (QED) is 0.0164. The fourth-order valence-corrected chi connectivity index (χ4v) is 5.41. The van der Waals surface area contributed by atoms with Crippen molar-refractivity contribution in [3.63, 3.8) is 0 Å². The molecule has 0 amide bonds. The molecule has 0 aromatic carbocycles. The number of hydrogen-bond acceptors (Lipinski definition) is 8. The van der Waals surface area contributed by atoms with Crippen molar-refractivity contribution in [3.05, 3.63) is 72.9 Å². The SMILES string of the molecule is CC/C=C\C/C=C\C/C=C\C/C=C\C=C\C(O)CCCC(=O)OC[C@H](COP(=O)(O)OCC[N+](C)(C)C)OC(=O)CCCCCCC/C=C\CCCC. The molecule has 0 radical (unpaired) electrons. The number of phosphoric ester groups is 1. The summed E-state index contributed by atoms with van der Waals surface area (Å²) in [6.07, 6.45) is 37.1. The number of hydrogen-bond donors (Lipinski definition) is 2. The number of phosphoric acid groups is 1. The molecule has 53 heavy (non-hydrogen) atoms. The Morgan fingerprint density at radius 1 is 0.698 bits per heavy atom. The van der Waals surface area contributed by atoms with Crippen LogP contribution < -0.4 is 0 Å². The van der Waals surface area contributed by atoms with Crippen molar-refractivity contribution in [2.75, 3.05) is 47.5 Å². The second-order valence-corrected chi connectivity index (χ2v) is 15.6. The molecule has 2 unspecified atom stereocenters. The molecule has 0 saturated heterocycles. The number of quaternary nitrogens is 1. The summed E-state index contributed by atoms with van der Waals surface area (Å²) in [7, 11) is 1.35. The van der Waals surface area contributed by atoms with Gasteiger partial charge in [0.15, 0.2) is 6.10 Å². The third kappa shape index (κ3) is 37.5. The molecule has 0 bridgehead atoms. The van der Waals surface area contributed by atoms with Crippen molar-refractivity contribution in [1.82, 2.24) is 0 Å². The minimum atomic E-state index is -4.42. The van der Waals surface area contributed by atoms with E-state index in [9.17, 15) is 24.2 Å². The molecule has 11 heteroatoms. The molecule has 2 N–H and O–H groups in total. The maximum Gasteiger partial charge on any atom is 0.472 e. The summed E-state index contributed by atoms with van der Waals surface area (Å²) in [6.45, 7) is 3.99. The van der Waals surface area contributed by atoms with Crippen LogP contribution in [-0.2, 0) is 32.7 Å². The van der Waals surface area contributed by atoms with Gasteiger partial charge in [0.1, 0.15) is 19.8 Å². The number of allylic oxidation sites excluding steroid dienone is 11. The van der Waals surface area contributed by atoms with Gasteiger partial charge in [-0.1, -0.05) is 119 Å². The van der Waals surface area contributed by atoms with Crippen LogP contribution >= 0.6 is 7.82 Å². The number of aliphatic hydroxyl groups is 1. The van der Waals surface area contributed by atoms with Crippen LogP contribution in [0.2, 0.25) is 0 Å². The van der Waals surface area contributed by atoms with Crippen LogP contribution in [-0.4, -0.2) is 86.1 Å². The highest BCUT2D eigenvalue weighted by molar-refractivity contribution is 7.47. The smallest absolute Gasteiger partial charge is 0.462 e. The van der Waals surface area contributed by atoms with Gasteiger partial charge in [-0.15, -0.1) is 0 Å². The highest BCUT2D eigenvalue weighted by Crippen LogP contribution is 2.43. The number of esters is 2. The fourth-order valence-electron chi connectivity index (χ4n) is 4.67. The maximum atomic E-state index is 12.6. The Balaban J connectivity index is 4.64. The summed E-state index contributed by atoms with van der Waals surface area (Å²) < 4.78 is 34.0. The van der Waals surface area contributed by atoms with E-state index in [-0.39, 0.29) is 26.1 Å². The van der Waals surface area contributed by atoms with Gasteiger partial charge in [0, 0.05) is 12.8 Å². The van der Waals surface area contributed by atoms with Crippen molar-refractivity contribution in [2.45, 2.75) is 135 Å². The number of aliphatic hydroxyl groups excluding tert-OH is 1. The number of unbranched alkanes of at least 4 members (excludes halogenated alkanes) is 7. The summed E-state index contributed by atoms with van der Waals surface area (Å²) in [5.41, 5.74) is 0. The van der Waals surface area contributed by atoms with E-state index >= 15 is 0 Å². The summed E-state index contributed by atoms with van der Waals surface area (Å²) >= 11 is 0. The Bertz CT molecular complexity index is 1150. The van der Waals surface area contributed by atoms with Gasteiger partial charge < -0.3 is 24.0 Å². The molecule has 3 atom stereocenters. The second-order valence-electron chi connectivity index (χ2n) is 14.1. The summed E-state index contributed by atoms with van der Waals surface area (Å²) in [5, 5.41) is 10.2. The molecule has 0 aliphatic rings. The van der Waals surface area contributed by atoms with Gasteiger partial charge in [0.05, 0.1) is 33.9 Å². The summed E-state index contributed by atoms with van der Waals surface area (Å²) in [6, 6.07) is 0. The molecule has 0 aliphatic carbocycles. The third-order valence-corrected chi connectivity index (χ3v) is 8.81. The first-order valence-corrected chi connectivity index (χ1v) is 21.3. The van der Waals surface area contributed by atoms with E-state index in [1.54, 1.807) is 12.2 Å². The maximum absolute atomic E-state index is 12.6. The minimum absolute atomic E-state index is 0.00363.